The first-order valence-electron chi connectivity index (χ1n) is 4.64. The number of unbranched alkanes of at least 4 members (excludes halogenated alkanes) is 1. The fourth-order valence-corrected chi connectivity index (χ4v) is 1.65. The Labute approximate surface area is 92.9 Å². The van der Waals surface area contributed by atoms with Crippen LogP contribution in [0.2, 0.25) is 0 Å². The average Bonchev–Trinajstić information content (AvgIpc) is 2.72. The topological polar surface area (TPSA) is 68.0 Å². The normalized spacial score (nSPS) is 9.60. The monoisotopic (exact) mass is 223 g/mol. The predicted molar refractivity (Wildman–Crippen MR) is 60.4 cm³/mol. The van der Waals surface area contributed by atoms with Crippen LogP contribution in [0.5, 0.6) is 0 Å². The van der Waals surface area contributed by atoms with Gasteiger partial charge in [0.25, 0.3) is 5.91 Å². The molecule has 0 aliphatic heterocycles. The number of nitrogens with zero attached hydrogens (tertiary/aromatic N) is 1. The Bertz CT molecular complexity index is 367. The summed E-state index contributed by atoms with van der Waals surface area (Å²) in [7, 11) is 0. The summed E-state index contributed by atoms with van der Waals surface area (Å²) in [6.45, 7) is 0.952. The minimum atomic E-state index is -0.164. The largest absolute Gasteiger partial charge is 0.351 e. The van der Waals surface area contributed by atoms with Crippen molar-refractivity contribution in [1.82, 2.24) is 10.3 Å². The van der Waals surface area contributed by atoms with E-state index in [0.29, 0.717) is 25.2 Å². The van der Waals surface area contributed by atoms with Crippen LogP contribution in [0.15, 0.2) is 5.38 Å². The standard InChI is InChI=1S/C10H13N3OS/c1-2-3-4-5-12-10(14)8-7-15-9(6-11)13-8/h1,7H,3-6,11H2,(H,12,14). The molecule has 1 heterocycles. The van der Waals surface area contributed by atoms with Gasteiger partial charge in [0, 0.05) is 24.9 Å². The summed E-state index contributed by atoms with van der Waals surface area (Å²) in [5.41, 5.74) is 5.83. The molecule has 0 fully saturated rings. The molecule has 0 aliphatic rings. The third-order valence-corrected chi connectivity index (χ3v) is 2.61. The number of amides is 1. The first-order chi connectivity index (χ1) is 7.27. The molecule has 0 aromatic carbocycles. The Hall–Kier alpha value is -1.38. The number of nitrogens with one attached hydrogen (secondary N) is 1. The summed E-state index contributed by atoms with van der Waals surface area (Å²) < 4.78 is 0. The molecule has 3 N–H and O–H groups in total. The van der Waals surface area contributed by atoms with Gasteiger partial charge in [0.1, 0.15) is 10.7 Å². The van der Waals surface area contributed by atoms with Crippen LogP contribution in [0.3, 0.4) is 0 Å². The van der Waals surface area contributed by atoms with Crippen LogP contribution in [-0.4, -0.2) is 17.4 Å². The second-order valence-corrected chi connectivity index (χ2v) is 3.84. The number of terminal acetylenes is 1. The molecule has 1 aromatic rings. The molecular formula is C10H13N3OS. The van der Waals surface area contributed by atoms with E-state index in [1.165, 1.54) is 11.3 Å². The van der Waals surface area contributed by atoms with Crippen LogP contribution in [0, 0.1) is 12.3 Å². The van der Waals surface area contributed by atoms with E-state index in [1.54, 1.807) is 5.38 Å². The lowest BCUT2D eigenvalue weighted by molar-refractivity contribution is 0.0949. The van der Waals surface area contributed by atoms with Crippen LogP contribution >= 0.6 is 11.3 Å². The van der Waals surface area contributed by atoms with Crippen molar-refractivity contribution in [3.05, 3.63) is 16.1 Å². The van der Waals surface area contributed by atoms with E-state index in [0.717, 1.165) is 11.4 Å². The fourth-order valence-electron chi connectivity index (χ4n) is 0.992. The van der Waals surface area contributed by atoms with Crippen molar-refractivity contribution in [3.63, 3.8) is 0 Å². The van der Waals surface area contributed by atoms with Crippen molar-refractivity contribution in [2.24, 2.45) is 5.73 Å². The summed E-state index contributed by atoms with van der Waals surface area (Å²) in [4.78, 5) is 15.5. The van der Waals surface area contributed by atoms with E-state index in [1.807, 2.05) is 0 Å². The molecule has 4 nitrogen and oxygen atoms in total. The average molecular weight is 223 g/mol. The zero-order valence-corrected chi connectivity index (χ0v) is 9.14. The first kappa shape index (κ1) is 11.7. The highest BCUT2D eigenvalue weighted by molar-refractivity contribution is 7.09. The molecule has 0 aliphatic carbocycles. The molecule has 5 heteroatoms. The summed E-state index contributed by atoms with van der Waals surface area (Å²) >= 11 is 1.39. The van der Waals surface area contributed by atoms with Gasteiger partial charge < -0.3 is 11.1 Å². The van der Waals surface area contributed by atoms with Crippen molar-refractivity contribution in [2.45, 2.75) is 19.4 Å². The van der Waals surface area contributed by atoms with Crippen LogP contribution in [-0.2, 0) is 6.54 Å². The predicted octanol–water partition coefficient (Wildman–Crippen LogP) is 0.745. The lowest BCUT2D eigenvalue weighted by Crippen LogP contribution is -2.24. The lowest BCUT2D eigenvalue weighted by Gasteiger charge is -2.00. The molecule has 0 radical (unpaired) electrons. The summed E-state index contributed by atoms with van der Waals surface area (Å²) in [5, 5.41) is 5.21. The second-order valence-electron chi connectivity index (χ2n) is 2.89. The Morgan fingerprint density at radius 2 is 2.53 bits per heavy atom. The summed E-state index contributed by atoms with van der Waals surface area (Å²) in [6, 6.07) is 0. The molecule has 0 spiro atoms. The summed E-state index contributed by atoms with van der Waals surface area (Å²) in [5.74, 6) is 2.35. The number of hydrogen-bond donors (Lipinski definition) is 2. The van der Waals surface area contributed by atoms with E-state index in [-0.39, 0.29) is 5.91 Å². The van der Waals surface area contributed by atoms with Crippen molar-refractivity contribution < 1.29 is 4.79 Å². The number of carbonyl (C=O) groups is 1. The number of nitrogens with two attached hydrogens (primary N) is 1. The molecule has 0 unspecified atom stereocenters. The summed E-state index contributed by atoms with van der Waals surface area (Å²) in [6.07, 6.45) is 6.55. The third kappa shape index (κ3) is 3.70. The maximum Gasteiger partial charge on any atom is 0.270 e. The molecule has 0 atom stereocenters. The number of aromatic nitrogens is 1. The smallest absolute Gasteiger partial charge is 0.270 e. The minimum Gasteiger partial charge on any atom is -0.351 e. The number of hydrogen-bond acceptors (Lipinski definition) is 4. The van der Waals surface area contributed by atoms with Gasteiger partial charge >= 0.3 is 0 Å². The minimum absolute atomic E-state index is 0.164. The first-order valence-corrected chi connectivity index (χ1v) is 5.52. The highest BCUT2D eigenvalue weighted by atomic mass is 32.1. The van der Waals surface area contributed by atoms with E-state index in [4.69, 9.17) is 12.2 Å². The molecule has 0 saturated carbocycles. The van der Waals surface area contributed by atoms with Gasteiger partial charge in [0.15, 0.2) is 0 Å². The zero-order chi connectivity index (χ0) is 11.1. The third-order valence-electron chi connectivity index (χ3n) is 1.74. The van der Waals surface area contributed by atoms with Crippen molar-refractivity contribution >= 4 is 17.2 Å². The van der Waals surface area contributed by atoms with Gasteiger partial charge in [0.2, 0.25) is 0 Å². The Balaban J connectivity index is 2.37. The maximum absolute atomic E-state index is 11.5. The molecule has 15 heavy (non-hydrogen) atoms. The van der Waals surface area contributed by atoms with Gasteiger partial charge in [-0.15, -0.1) is 23.7 Å². The number of carbonyl (C=O) groups excluding carboxylic acids is 1. The van der Waals surface area contributed by atoms with Gasteiger partial charge in [-0.1, -0.05) is 0 Å². The molecule has 1 rings (SSSR count). The Morgan fingerprint density at radius 3 is 3.13 bits per heavy atom. The highest BCUT2D eigenvalue weighted by Crippen LogP contribution is 2.08. The Kier molecular flexibility index (Phi) is 4.81. The lowest BCUT2D eigenvalue weighted by atomic mass is 10.3. The molecule has 0 bridgehead atoms. The van der Waals surface area contributed by atoms with E-state index < -0.39 is 0 Å². The van der Waals surface area contributed by atoms with E-state index in [9.17, 15) is 4.79 Å². The second kappa shape index (κ2) is 6.17. The van der Waals surface area contributed by atoms with Crippen molar-refractivity contribution in [2.75, 3.05) is 6.54 Å². The number of rotatable bonds is 5. The van der Waals surface area contributed by atoms with E-state index in [2.05, 4.69) is 16.2 Å². The van der Waals surface area contributed by atoms with Gasteiger partial charge in [0.05, 0.1) is 0 Å². The van der Waals surface area contributed by atoms with Crippen LogP contribution in [0.1, 0.15) is 28.3 Å². The molecule has 1 aromatic heterocycles. The van der Waals surface area contributed by atoms with Gasteiger partial charge in [-0.3, -0.25) is 4.79 Å². The van der Waals surface area contributed by atoms with Crippen molar-refractivity contribution in [1.29, 1.82) is 0 Å². The van der Waals surface area contributed by atoms with Crippen LogP contribution < -0.4 is 11.1 Å². The Morgan fingerprint density at radius 1 is 1.73 bits per heavy atom. The van der Waals surface area contributed by atoms with Crippen LogP contribution in [0.4, 0.5) is 0 Å². The SMILES string of the molecule is C#CCCCNC(=O)c1csc(CN)n1. The van der Waals surface area contributed by atoms with Crippen molar-refractivity contribution in [3.8, 4) is 12.3 Å². The molecular weight excluding hydrogens is 210 g/mol. The zero-order valence-electron chi connectivity index (χ0n) is 8.32. The number of thiazole rings is 1. The van der Waals surface area contributed by atoms with Gasteiger partial charge in [-0.25, -0.2) is 4.98 Å². The molecule has 1 amide bonds. The molecule has 80 valence electrons. The quantitative estimate of drug-likeness (QED) is 0.571. The highest BCUT2D eigenvalue weighted by Gasteiger charge is 2.08. The van der Waals surface area contributed by atoms with Gasteiger partial charge in [-0.2, -0.15) is 0 Å². The van der Waals surface area contributed by atoms with Crippen LogP contribution in [0.25, 0.3) is 0 Å². The fraction of sp³-hybridized carbons (Fsp3) is 0.400. The maximum atomic E-state index is 11.5. The molecule has 0 saturated heterocycles. The van der Waals surface area contributed by atoms with Gasteiger partial charge in [-0.05, 0) is 6.42 Å². The van der Waals surface area contributed by atoms with E-state index >= 15 is 0 Å².